The molecule has 0 saturated carbocycles. The van der Waals surface area contributed by atoms with Crippen molar-refractivity contribution in [2.24, 2.45) is 5.92 Å². The Bertz CT molecular complexity index is 388. The highest BCUT2D eigenvalue weighted by Gasteiger charge is 2.29. The van der Waals surface area contributed by atoms with Crippen molar-refractivity contribution < 1.29 is 19.4 Å². The highest BCUT2D eigenvalue weighted by atomic mass is 16.5. The molecule has 0 heterocycles. The number of carboxylic acids is 1. The van der Waals surface area contributed by atoms with Gasteiger partial charge in [0, 0.05) is 13.0 Å². The maximum atomic E-state index is 12.0. The Balaban J connectivity index is 4.67. The van der Waals surface area contributed by atoms with Crippen molar-refractivity contribution in [3.05, 3.63) is 12.7 Å². The Kier molecular flexibility index (Phi) is 9.90. The van der Waals surface area contributed by atoms with E-state index in [1.807, 2.05) is 19.9 Å². The normalized spacial score (nSPS) is 11.7. The Morgan fingerprint density at radius 2 is 2.14 bits per heavy atom. The third-order valence-corrected chi connectivity index (χ3v) is 2.90. The number of hydrogen-bond acceptors (Lipinski definition) is 4. The number of carbonyl (C=O) groups is 2. The molecule has 0 rings (SSSR count). The van der Waals surface area contributed by atoms with E-state index in [0.717, 1.165) is 11.3 Å². The van der Waals surface area contributed by atoms with Crippen LogP contribution < -0.4 is 0 Å². The van der Waals surface area contributed by atoms with E-state index in [2.05, 4.69) is 6.58 Å². The Labute approximate surface area is 126 Å². The smallest absolute Gasteiger partial charge is 0.328 e. The fourth-order valence-corrected chi connectivity index (χ4v) is 1.63. The minimum absolute atomic E-state index is 0.108. The number of carbonyl (C=O) groups excluding carboxylic acids is 1. The van der Waals surface area contributed by atoms with Gasteiger partial charge in [-0.3, -0.25) is 4.79 Å². The minimum Gasteiger partial charge on any atom is -0.480 e. The maximum Gasteiger partial charge on any atom is 0.328 e. The Hall–Kier alpha value is -1.87. The lowest BCUT2D eigenvalue weighted by Gasteiger charge is -2.26. The second-order valence-corrected chi connectivity index (χ2v) is 5.12. The van der Waals surface area contributed by atoms with Gasteiger partial charge in [-0.05, 0) is 18.8 Å². The molecule has 0 radical (unpaired) electrons. The zero-order chi connectivity index (χ0) is 16.3. The molecular formula is C15H24N2O4. The van der Waals surface area contributed by atoms with Gasteiger partial charge in [-0.1, -0.05) is 19.9 Å². The van der Waals surface area contributed by atoms with E-state index < -0.39 is 12.0 Å². The van der Waals surface area contributed by atoms with Crippen LogP contribution in [0.25, 0.3) is 0 Å². The lowest BCUT2D eigenvalue weighted by atomic mass is 10.1. The van der Waals surface area contributed by atoms with E-state index in [1.54, 1.807) is 6.08 Å². The van der Waals surface area contributed by atoms with Crippen LogP contribution in [0.4, 0.5) is 0 Å². The molecule has 0 aliphatic rings. The van der Waals surface area contributed by atoms with Crippen molar-refractivity contribution in [3.8, 4) is 6.07 Å². The predicted molar refractivity (Wildman–Crippen MR) is 78.5 cm³/mol. The first kappa shape index (κ1) is 19.1. The second-order valence-electron chi connectivity index (χ2n) is 5.12. The van der Waals surface area contributed by atoms with Gasteiger partial charge < -0.3 is 14.7 Å². The summed E-state index contributed by atoms with van der Waals surface area (Å²) in [6.45, 7) is 7.66. The average molecular weight is 296 g/mol. The number of aliphatic carboxylic acids is 1. The molecule has 6 nitrogen and oxygen atoms in total. The van der Waals surface area contributed by atoms with Gasteiger partial charge in [-0.2, -0.15) is 5.26 Å². The van der Waals surface area contributed by atoms with Gasteiger partial charge in [0.25, 0.3) is 0 Å². The summed E-state index contributed by atoms with van der Waals surface area (Å²) < 4.78 is 5.35. The summed E-state index contributed by atoms with van der Waals surface area (Å²) >= 11 is 0. The van der Waals surface area contributed by atoms with E-state index in [-0.39, 0.29) is 25.5 Å². The molecule has 1 atom stereocenters. The van der Waals surface area contributed by atoms with Crippen LogP contribution in [0.1, 0.15) is 33.1 Å². The third kappa shape index (κ3) is 8.10. The quantitative estimate of drug-likeness (QED) is 0.357. The van der Waals surface area contributed by atoms with Crippen LogP contribution in [0.3, 0.4) is 0 Å². The van der Waals surface area contributed by atoms with Gasteiger partial charge in [0.05, 0.1) is 12.7 Å². The molecule has 118 valence electrons. The molecule has 1 unspecified atom stereocenters. The first-order chi connectivity index (χ1) is 9.93. The number of ether oxygens (including phenoxy) is 1. The first-order valence-electron chi connectivity index (χ1n) is 7.01. The highest BCUT2D eigenvalue weighted by molar-refractivity contribution is 5.84. The van der Waals surface area contributed by atoms with Gasteiger partial charge in [-0.15, -0.1) is 6.58 Å². The van der Waals surface area contributed by atoms with Gasteiger partial charge in [0.15, 0.2) is 6.04 Å². The zero-order valence-electron chi connectivity index (χ0n) is 12.7. The van der Waals surface area contributed by atoms with E-state index in [1.165, 1.54) is 0 Å². The number of allylic oxidation sites excluding steroid dienone is 1. The monoisotopic (exact) mass is 296 g/mol. The highest BCUT2D eigenvalue weighted by Crippen LogP contribution is 2.07. The van der Waals surface area contributed by atoms with Crippen molar-refractivity contribution in [3.63, 3.8) is 0 Å². The van der Waals surface area contributed by atoms with Crippen LogP contribution in [-0.4, -0.2) is 47.7 Å². The van der Waals surface area contributed by atoms with Crippen LogP contribution >= 0.6 is 0 Å². The summed E-state index contributed by atoms with van der Waals surface area (Å²) in [6.07, 6.45) is 2.98. The van der Waals surface area contributed by atoms with Gasteiger partial charge in [0.2, 0.25) is 5.91 Å². The van der Waals surface area contributed by atoms with Crippen LogP contribution in [0, 0.1) is 17.2 Å². The lowest BCUT2D eigenvalue weighted by molar-refractivity contribution is -0.152. The Morgan fingerprint density at radius 1 is 1.48 bits per heavy atom. The van der Waals surface area contributed by atoms with E-state index >= 15 is 0 Å². The minimum atomic E-state index is -1.17. The van der Waals surface area contributed by atoms with Crippen molar-refractivity contribution in [2.75, 3.05) is 19.8 Å². The molecule has 0 aromatic heterocycles. The molecule has 0 aliphatic heterocycles. The lowest BCUT2D eigenvalue weighted by Crippen LogP contribution is -2.48. The van der Waals surface area contributed by atoms with Crippen molar-refractivity contribution in [2.45, 2.75) is 39.2 Å². The topological polar surface area (TPSA) is 90.6 Å². The molecule has 0 aromatic rings. The number of rotatable bonds is 11. The number of carboxylic acid groups (broad SMARTS) is 1. The SMILES string of the molecule is C=CCCC(=O)N(CC#N)C(COCCC(C)C)C(=O)O. The molecule has 0 fully saturated rings. The van der Waals surface area contributed by atoms with Crippen LogP contribution in [0.5, 0.6) is 0 Å². The standard InChI is InChI=1S/C15H24N2O4/c1-4-5-6-14(18)17(9-8-16)13(15(19)20)11-21-10-7-12(2)3/h4,12-13H,1,5-7,9-11H2,2-3H3,(H,19,20). The van der Waals surface area contributed by atoms with E-state index in [4.69, 9.17) is 10.00 Å². The van der Waals surface area contributed by atoms with Gasteiger partial charge in [-0.25, -0.2) is 4.79 Å². The maximum absolute atomic E-state index is 12.0. The molecule has 0 aromatic carbocycles. The molecule has 0 bridgehead atoms. The molecule has 0 saturated heterocycles. The third-order valence-electron chi connectivity index (χ3n) is 2.90. The first-order valence-corrected chi connectivity index (χ1v) is 7.01. The molecular weight excluding hydrogens is 272 g/mol. The Morgan fingerprint density at radius 3 is 2.62 bits per heavy atom. The van der Waals surface area contributed by atoms with Crippen LogP contribution in [-0.2, 0) is 14.3 Å². The summed E-state index contributed by atoms with van der Waals surface area (Å²) in [5, 5.41) is 18.0. The second kappa shape index (κ2) is 10.9. The summed E-state index contributed by atoms with van der Waals surface area (Å²) in [5.41, 5.74) is 0. The summed E-state index contributed by atoms with van der Waals surface area (Å²) in [7, 11) is 0. The summed E-state index contributed by atoms with van der Waals surface area (Å²) in [4.78, 5) is 24.4. The fourth-order valence-electron chi connectivity index (χ4n) is 1.63. The molecule has 0 aliphatic carbocycles. The molecule has 6 heteroatoms. The largest absolute Gasteiger partial charge is 0.480 e. The predicted octanol–water partition coefficient (Wildman–Crippen LogP) is 1.82. The van der Waals surface area contributed by atoms with Crippen LogP contribution in [0.15, 0.2) is 12.7 Å². The number of nitrogens with zero attached hydrogens (tertiary/aromatic N) is 2. The number of hydrogen-bond donors (Lipinski definition) is 1. The van der Waals surface area contributed by atoms with E-state index in [0.29, 0.717) is 18.9 Å². The average Bonchev–Trinajstić information content (AvgIpc) is 2.42. The van der Waals surface area contributed by atoms with Gasteiger partial charge >= 0.3 is 5.97 Å². The summed E-state index contributed by atoms with van der Waals surface area (Å²) in [6, 6.07) is 0.699. The van der Waals surface area contributed by atoms with Crippen molar-refractivity contribution in [1.29, 1.82) is 5.26 Å². The molecule has 1 amide bonds. The molecule has 0 spiro atoms. The van der Waals surface area contributed by atoms with Crippen molar-refractivity contribution >= 4 is 11.9 Å². The summed E-state index contributed by atoms with van der Waals surface area (Å²) in [5.74, 6) is -1.09. The number of amides is 1. The molecule has 1 N–H and O–H groups in total. The number of nitriles is 1. The van der Waals surface area contributed by atoms with Crippen LogP contribution in [0.2, 0.25) is 0 Å². The van der Waals surface area contributed by atoms with E-state index in [9.17, 15) is 14.7 Å². The molecule has 21 heavy (non-hydrogen) atoms. The zero-order valence-corrected chi connectivity index (χ0v) is 12.7. The van der Waals surface area contributed by atoms with Gasteiger partial charge in [0.1, 0.15) is 6.54 Å². The fraction of sp³-hybridized carbons (Fsp3) is 0.667. The van der Waals surface area contributed by atoms with Crippen molar-refractivity contribution in [1.82, 2.24) is 4.90 Å².